The van der Waals surface area contributed by atoms with Crippen molar-refractivity contribution in [3.8, 4) is 0 Å². The summed E-state index contributed by atoms with van der Waals surface area (Å²) in [6, 6.07) is 0.887. The van der Waals surface area contributed by atoms with Crippen LogP contribution in [0.5, 0.6) is 0 Å². The van der Waals surface area contributed by atoms with Gasteiger partial charge in [-0.15, -0.1) is 0 Å². The Hall–Kier alpha value is -0.960. The van der Waals surface area contributed by atoms with E-state index in [1.807, 2.05) is 6.20 Å². The molecule has 1 saturated carbocycles. The van der Waals surface area contributed by atoms with Gasteiger partial charge in [0.15, 0.2) is 0 Å². The fourth-order valence-corrected chi connectivity index (χ4v) is 3.64. The molecule has 1 aromatic rings. The molecule has 2 heterocycles. The molecule has 0 spiro atoms. The number of nitrogens with zero attached hydrogens (tertiary/aromatic N) is 3. The molecular weight excluding hydrogens is 222 g/mol. The van der Waals surface area contributed by atoms with Crippen molar-refractivity contribution < 1.29 is 0 Å². The molecule has 0 radical (unpaired) electrons. The Bertz CT molecular complexity index is 390. The van der Waals surface area contributed by atoms with E-state index in [0.717, 1.165) is 6.04 Å². The third-order valence-corrected chi connectivity index (χ3v) is 4.69. The lowest BCUT2D eigenvalue weighted by atomic mass is 9.90. The molecule has 1 saturated heterocycles. The van der Waals surface area contributed by atoms with Gasteiger partial charge in [0, 0.05) is 23.9 Å². The monoisotopic (exact) mass is 245 g/mol. The maximum Gasteiger partial charge on any atom is 0.115 e. The van der Waals surface area contributed by atoms with Gasteiger partial charge >= 0.3 is 0 Å². The summed E-state index contributed by atoms with van der Waals surface area (Å²) in [5, 5.41) is 0. The topological polar surface area (TPSA) is 29.0 Å². The Balaban J connectivity index is 1.61. The van der Waals surface area contributed by atoms with Crippen LogP contribution < -0.4 is 0 Å². The van der Waals surface area contributed by atoms with E-state index in [4.69, 9.17) is 0 Å². The highest BCUT2D eigenvalue weighted by atomic mass is 15.2. The van der Waals surface area contributed by atoms with Crippen LogP contribution in [0.4, 0.5) is 0 Å². The molecule has 2 fully saturated rings. The fraction of sp³-hybridized carbons (Fsp3) is 0.733. The Morgan fingerprint density at radius 3 is 2.50 bits per heavy atom. The number of rotatable bonds is 2. The molecule has 2 aliphatic rings. The second-order valence-corrected chi connectivity index (χ2v) is 5.84. The van der Waals surface area contributed by atoms with Crippen molar-refractivity contribution in [3.63, 3.8) is 0 Å². The van der Waals surface area contributed by atoms with Gasteiger partial charge in [0.1, 0.15) is 6.33 Å². The number of aromatic nitrogens is 2. The molecule has 1 aliphatic heterocycles. The first-order valence-electron chi connectivity index (χ1n) is 7.35. The van der Waals surface area contributed by atoms with Crippen LogP contribution in [0.2, 0.25) is 0 Å². The standard InChI is InChI=1S/C15H23N3/c1-12-10-16-11-17-15(12)13-6-8-18(9-7-13)14-4-2-3-5-14/h10-11,13-14H,2-9H2,1H3. The Morgan fingerprint density at radius 2 is 1.83 bits per heavy atom. The Morgan fingerprint density at radius 1 is 1.11 bits per heavy atom. The molecule has 0 bridgehead atoms. The van der Waals surface area contributed by atoms with Gasteiger partial charge in [0.05, 0.1) is 0 Å². The second kappa shape index (κ2) is 5.35. The first-order valence-corrected chi connectivity index (χ1v) is 7.35. The number of hydrogen-bond donors (Lipinski definition) is 0. The van der Waals surface area contributed by atoms with Gasteiger partial charge in [-0.3, -0.25) is 0 Å². The average molecular weight is 245 g/mol. The van der Waals surface area contributed by atoms with E-state index >= 15 is 0 Å². The summed E-state index contributed by atoms with van der Waals surface area (Å²) in [5.41, 5.74) is 2.55. The summed E-state index contributed by atoms with van der Waals surface area (Å²) in [4.78, 5) is 11.3. The third-order valence-electron chi connectivity index (χ3n) is 4.69. The smallest absolute Gasteiger partial charge is 0.115 e. The van der Waals surface area contributed by atoms with E-state index in [9.17, 15) is 0 Å². The van der Waals surface area contributed by atoms with Crippen molar-refractivity contribution in [1.29, 1.82) is 0 Å². The van der Waals surface area contributed by atoms with Crippen LogP contribution in [0.1, 0.15) is 55.7 Å². The lowest BCUT2D eigenvalue weighted by Crippen LogP contribution is -2.39. The molecule has 3 nitrogen and oxygen atoms in total. The number of piperidine rings is 1. The second-order valence-electron chi connectivity index (χ2n) is 5.84. The normalized spacial score (nSPS) is 23.6. The van der Waals surface area contributed by atoms with Crippen molar-refractivity contribution >= 4 is 0 Å². The maximum atomic E-state index is 4.49. The highest BCUT2D eigenvalue weighted by Gasteiger charge is 2.28. The van der Waals surface area contributed by atoms with Crippen LogP contribution in [-0.4, -0.2) is 34.0 Å². The Kier molecular flexibility index (Phi) is 3.59. The third kappa shape index (κ3) is 2.41. The SMILES string of the molecule is Cc1cncnc1C1CCN(C2CCCC2)CC1. The fourth-order valence-electron chi connectivity index (χ4n) is 3.64. The molecule has 1 aromatic heterocycles. The molecule has 18 heavy (non-hydrogen) atoms. The van der Waals surface area contributed by atoms with Crippen LogP contribution in [0.25, 0.3) is 0 Å². The Labute approximate surface area is 110 Å². The van der Waals surface area contributed by atoms with E-state index in [1.165, 1.54) is 62.9 Å². The van der Waals surface area contributed by atoms with Crippen molar-refractivity contribution in [2.45, 2.75) is 57.4 Å². The van der Waals surface area contributed by atoms with E-state index < -0.39 is 0 Å². The summed E-state index contributed by atoms with van der Waals surface area (Å²) < 4.78 is 0. The van der Waals surface area contributed by atoms with E-state index in [-0.39, 0.29) is 0 Å². The summed E-state index contributed by atoms with van der Waals surface area (Å²) in [7, 11) is 0. The molecule has 3 rings (SSSR count). The molecule has 0 aromatic carbocycles. The summed E-state index contributed by atoms with van der Waals surface area (Å²) in [6.07, 6.45) is 11.9. The zero-order valence-electron chi connectivity index (χ0n) is 11.3. The highest BCUT2D eigenvalue weighted by Crippen LogP contribution is 2.32. The maximum absolute atomic E-state index is 4.49. The minimum absolute atomic E-state index is 0.658. The van der Waals surface area contributed by atoms with Crippen LogP contribution in [0.3, 0.4) is 0 Å². The summed E-state index contributed by atoms with van der Waals surface area (Å²) in [5.74, 6) is 0.658. The van der Waals surface area contributed by atoms with Crippen LogP contribution in [0, 0.1) is 6.92 Å². The lowest BCUT2D eigenvalue weighted by molar-refractivity contribution is 0.153. The molecular formula is C15H23N3. The predicted molar refractivity (Wildman–Crippen MR) is 72.6 cm³/mol. The van der Waals surface area contributed by atoms with Crippen molar-refractivity contribution in [3.05, 3.63) is 23.8 Å². The van der Waals surface area contributed by atoms with E-state index in [0.29, 0.717) is 5.92 Å². The molecule has 0 unspecified atom stereocenters. The van der Waals surface area contributed by atoms with Gasteiger partial charge in [0.2, 0.25) is 0 Å². The van der Waals surface area contributed by atoms with Crippen molar-refractivity contribution in [1.82, 2.24) is 14.9 Å². The molecule has 0 amide bonds. The van der Waals surface area contributed by atoms with Crippen LogP contribution in [0.15, 0.2) is 12.5 Å². The van der Waals surface area contributed by atoms with Crippen LogP contribution in [-0.2, 0) is 0 Å². The van der Waals surface area contributed by atoms with Gasteiger partial charge < -0.3 is 4.90 Å². The minimum Gasteiger partial charge on any atom is -0.300 e. The van der Waals surface area contributed by atoms with E-state index in [2.05, 4.69) is 21.8 Å². The number of hydrogen-bond acceptors (Lipinski definition) is 3. The zero-order chi connectivity index (χ0) is 12.4. The van der Waals surface area contributed by atoms with Crippen molar-refractivity contribution in [2.24, 2.45) is 0 Å². The lowest BCUT2D eigenvalue weighted by Gasteiger charge is -2.36. The molecule has 1 aliphatic carbocycles. The van der Waals surface area contributed by atoms with Gasteiger partial charge in [-0.25, -0.2) is 9.97 Å². The van der Waals surface area contributed by atoms with Crippen LogP contribution >= 0.6 is 0 Å². The molecule has 0 N–H and O–H groups in total. The zero-order valence-corrected chi connectivity index (χ0v) is 11.3. The summed E-state index contributed by atoms with van der Waals surface area (Å²) >= 11 is 0. The van der Waals surface area contributed by atoms with Gasteiger partial charge in [-0.1, -0.05) is 12.8 Å². The van der Waals surface area contributed by atoms with Crippen molar-refractivity contribution in [2.75, 3.05) is 13.1 Å². The first kappa shape index (κ1) is 12.1. The van der Waals surface area contributed by atoms with Gasteiger partial charge in [-0.05, 0) is 51.3 Å². The average Bonchev–Trinajstić information content (AvgIpc) is 2.94. The largest absolute Gasteiger partial charge is 0.300 e. The van der Waals surface area contributed by atoms with Gasteiger partial charge in [-0.2, -0.15) is 0 Å². The molecule has 3 heteroatoms. The first-order chi connectivity index (χ1) is 8.84. The van der Waals surface area contributed by atoms with E-state index in [1.54, 1.807) is 6.33 Å². The predicted octanol–water partition coefficient (Wildman–Crippen LogP) is 2.91. The quantitative estimate of drug-likeness (QED) is 0.802. The number of likely N-dealkylation sites (tertiary alicyclic amines) is 1. The number of aryl methyl sites for hydroxylation is 1. The highest BCUT2D eigenvalue weighted by molar-refractivity contribution is 5.19. The molecule has 0 atom stereocenters. The summed E-state index contributed by atoms with van der Waals surface area (Å²) in [6.45, 7) is 4.66. The minimum atomic E-state index is 0.658. The molecule has 98 valence electrons. The van der Waals surface area contributed by atoms with Gasteiger partial charge in [0.25, 0.3) is 0 Å².